The van der Waals surface area contributed by atoms with Gasteiger partial charge in [0.1, 0.15) is 11.8 Å². The summed E-state index contributed by atoms with van der Waals surface area (Å²) in [6.07, 6.45) is 4.08. The molecule has 1 aromatic carbocycles. The van der Waals surface area contributed by atoms with E-state index in [2.05, 4.69) is 10.3 Å². The Morgan fingerprint density at radius 1 is 1.52 bits per heavy atom. The summed E-state index contributed by atoms with van der Waals surface area (Å²) in [7, 11) is 0. The van der Waals surface area contributed by atoms with Crippen LogP contribution in [0.3, 0.4) is 0 Å². The fraction of sp³-hybridized carbons (Fsp3) is 0.286. The van der Waals surface area contributed by atoms with Crippen molar-refractivity contribution >= 4 is 11.4 Å². The van der Waals surface area contributed by atoms with Gasteiger partial charge in [-0.15, -0.1) is 0 Å². The molecule has 0 bridgehead atoms. The molecule has 1 N–H and O–H groups in total. The standard InChI is InChI=1S/C14H15N5O2/c1-2-6-17-14-11(4-3-5-12(14)19(20)21)10-18-8-7-16-13(18)9-15/h3-5,7-8,17H,2,6,10H2,1H3. The number of hydrogen-bond donors (Lipinski definition) is 1. The van der Waals surface area contributed by atoms with E-state index < -0.39 is 4.92 Å². The topological polar surface area (TPSA) is 96.8 Å². The first-order valence-electron chi connectivity index (χ1n) is 6.58. The second-order valence-electron chi connectivity index (χ2n) is 4.49. The van der Waals surface area contributed by atoms with E-state index in [1.165, 1.54) is 12.3 Å². The lowest BCUT2D eigenvalue weighted by atomic mass is 10.1. The van der Waals surface area contributed by atoms with Crippen LogP contribution in [0.2, 0.25) is 0 Å². The Morgan fingerprint density at radius 3 is 3.00 bits per heavy atom. The molecule has 0 amide bonds. The molecule has 0 atom stereocenters. The number of aromatic nitrogens is 2. The van der Waals surface area contributed by atoms with Crippen LogP contribution in [0.1, 0.15) is 24.7 Å². The Kier molecular flexibility index (Phi) is 4.51. The second kappa shape index (κ2) is 6.52. The molecule has 0 aliphatic carbocycles. The Labute approximate surface area is 122 Å². The number of nitrogens with zero attached hydrogens (tertiary/aromatic N) is 4. The van der Waals surface area contributed by atoms with Gasteiger partial charge in [0.25, 0.3) is 5.69 Å². The number of nitro groups is 1. The van der Waals surface area contributed by atoms with Crippen LogP contribution < -0.4 is 5.32 Å². The van der Waals surface area contributed by atoms with Crippen molar-refractivity contribution in [3.63, 3.8) is 0 Å². The summed E-state index contributed by atoms with van der Waals surface area (Å²) in [5, 5.41) is 23.2. The summed E-state index contributed by atoms with van der Waals surface area (Å²) < 4.78 is 1.66. The maximum atomic E-state index is 11.2. The fourth-order valence-electron chi connectivity index (χ4n) is 2.06. The van der Waals surface area contributed by atoms with Crippen molar-refractivity contribution in [2.75, 3.05) is 11.9 Å². The van der Waals surface area contributed by atoms with Crippen LogP contribution in [0.15, 0.2) is 30.6 Å². The van der Waals surface area contributed by atoms with E-state index in [4.69, 9.17) is 5.26 Å². The van der Waals surface area contributed by atoms with Gasteiger partial charge in [-0.3, -0.25) is 10.1 Å². The highest BCUT2D eigenvalue weighted by atomic mass is 16.6. The quantitative estimate of drug-likeness (QED) is 0.649. The molecule has 0 saturated carbocycles. The van der Waals surface area contributed by atoms with E-state index >= 15 is 0 Å². The molecule has 1 aromatic heterocycles. The van der Waals surface area contributed by atoms with Crippen molar-refractivity contribution in [2.24, 2.45) is 0 Å². The lowest BCUT2D eigenvalue weighted by Crippen LogP contribution is -2.09. The van der Waals surface area contributed by atoms with Gasteiger partial charge in [0.15, 0.2) is 0 Å². The zero-order valence-electron chi connectivity index (χ0n) is 11.6. The molecule has 7 heteroatoms. The number of nitrogens with one attached hydrogen (secondary N) is 1. The average Bonchev–Trinajstić information content (AvgIpc) is 2.92. The minimum atomic E-state index is -0.402. The van der Waals surface area contributed by atoms with Gasteiger partial charge in [0.05, 0.1) is 11.5 Å². The van der Waals surface area contributed by atoms with Gasteiger partial charge in [0.2, 0.25) is 5.82 Å². The highest BCUT2D eigenvalue weighted by molar-refractivity contribution is 5.66. The third-order valence-corrected chi connectivity index (χ3v) is 3.03. The molecule has 0 saturated heterocycles. The van der Waals surface area contributed by atoms with Gasteiger partial charge in [-0.05, 0) is 6.42 Å². The summed E-state index contributed by atoms with van der Waals surface area (Å²) in [6, 6.07) is 6.92. The van der Waals surface area contributed by atoms with Crippen LogP contribution in [-0.4, -0.2) is 21.0 Å². The third-order valence-electron chi connectivity index (χ3n) is 3.03. The highest BCUT2D eigenvalue weighted by Gasteiger charge is 2.17. The molecule has 0 spiro atoms. The van der Waals surface area contributed by atoms with Crippen molar-refractivity contribution in [3.05, 3.63) is 52.1 Å². The first-order valence-corrected chi connectivity index (χ1v) is 6.58. The van der Waals surface area contributed by atoms with E-state index in [1.54, 1.807) is 16.8 Å². The van der Waals surface area contributed by atoms with E-state index in [0.29, 0.717) is 18.8 Å². The Bertz CT molecular complexity index is 687. The number of imidazole rings is 1. The zero-order chi connectivity index (χ0) is 15.2. The molecule has 2 rings (SSSR count). The van der Waals surface area contributed by atoms with Gasteiger partial charge in [0, 0.05) is 30.6 Å². The summed E-state index contributed by atoms with van der Waals surface area (Å²) in [5.74, 6) is 0.281. The van der Waals surface area contributed by atoms with Gasteiger partial charge in [-0.25, -0.2) is 4.98 Å². The number of para-hydroxylation sites is 1. The summed E-state index contributed by atoms with van der Waals surface area (Å²) in [6.45, 7) is 2.99. The molecule has 1 heterocycles. The number of hydrogen-bond acceptors (Lipinski definition) is 5. The van der Waals surface area contributed by atoms with Gasteiger partial charge < -0.3 is 9.88 Å². The monoisotopic (exact) mass is 285 g/mol. The molecule has 7 nitrogen and oxygen atoms in total. The predicted octanol–water partition coefficient (Wildman–Crippen LogP) is 2.53. The highest BCUT2D eigenvalue weighted by Crippen LogP contribution is 2.29. The number of benzene rings is 1. The maximum absolute atomic E-state index is 11.2. The SMILES string of the molecule is CCCNc1c(Cn2ccnc2C#N)cccc1[N+](=O)[O-]. The van der Waals surface area contributed by atoms with E-state index in [0.717, 1.165) is 12.0 Å². The molecular formula is C14H15N5O2. The molecule has 0 radical (unpaired) electrons. The molecule has 21 heavy (non-hydrogen) atoms. The molecule has 0 aliphatic rings. The van der Waals surface area contributed by atoms with Crippen LogP contribution in [0.25, 0.3) is 0 Å². The van der Waals surface area contributed by atoms with Gasteiger partial charge in [-0.2, -0.15) is 5.26 Å². The summed E-state index contributed by atoms with van der Waals surface area (Å²) >= 11 is 0. The van der Waals surface area contributed by atoms with E-state index in [9.17, 15) is 10.1 Å². The molecular weight excluding hydrogens is 270 g/mol. The summed E-state index contributed by atoms with van der Waals surface area (Å²) in [5.41, 5.74) is 1.30. The van der Waals surface area contributed by atoms with Crippen LogP contribution >= 0.6 is 0 Å². The number of nitro benzene ring substituents is 1. The Morgan fingerprint density at radius 2 is 2.33 bits per heavy atom. The molecule has 0 fully saturated rings. The van der Waals surface area contributed by atoms with Crippen LogP contribution in [0.4, 0.5) is 11.4 Å². The normalized spacial score (nSPS) is 10.1. The van der Waals surface area contributed by atoms with Gasteiger partial charge in [-0.1, -0.05) is 19.1 Å². The lowest BCUT2D eigenvalue weighted by Gasteiger charge is -2.12. The van der Waals surface area contributed by atoms with Crippen LogP contribution in [-0.2, 0) is 6.54 Å². The van der Waals surface area contributed by atoms with Crippen molar-refractivity contribution in [2.45, 2.75) is 19.9 Å². The second-order valence-corrected chi connectivity index (χ2v) is 4.49. The van der Waals surface area contributed by atoms with Crippen LogP contribution in [0.5, 0.6) is 0 Å². The Hall–Kier alpha value is -2.88. The van der Waals surface area contributed by atoms with E-state index in [1.807, 2.05) is 19.1 Å². The van der Waals surface area contributed by atoms with E-state index in [-0.39, 0.29) is 11.5 Å². The average molecular weight is 285 g/mol. The minimum Gasteiger partial charge on any atom is -0.379 e. The Balaban J connectivity index is 2.40. The van der Waals surface area contributed by atoms with Crippen molar-refractivity contribution in [1.82, 2.24) is 9.55 Å². The fourth-order valence-corrected chi connectivity index (χ4v) is 2.06. The molecule has 0 unspecified atom stereocenters. The third kappa shape index (κ3) is 3.17. The van der Waals surface area contributed by atoms with Crippen molar-refractivity contribution < 1.29 is 4.92 Å². The van der Waals surface area contributed by atoms with Crippen molar-refractivity contribution in [1.29, 1.82) is 5.26 Å². The first-order chi connectivity index (χ1) is 10.2. The first kappa shape index (κ1) is 14.5. The summed E-state index contributed by atoms with van der Waals surface area (Å²) in [4.78, 5) is 14.7. The van der Waals surface area contributed by atoms with Gasteiger partial charge >= 0.3 is 0 Å². The molecule has 108 valence electrons. The van der Waals surface area contributed by atoms with Crippen molar-refractivity contribution in [3.8, 4) is 6.07 Å². The number of rotatable bonds is 6. The largest absolute Gasteiger partial charge is 0.379 e. The zero-order valence-corrected chi connectivity index (χ0v) is 11.6. The van der Waals surface area contributed by atoms with Crippen LogP contribution in [0, 0.1) is 21.4 Å². The minimum absolute atomic E-state index is 0.0413. The molecule has 0 aliphatic heterocycles. The predicted molar refractivity (Wildman–Crippen MR) is 77.9 cm³/mol. The number of nitriles is 1. The smallest absolute Gasteiger partial charge is 0.292 e. The lowest BCUT2D eigenvalue weighted by molar-refractivity contribution is -0.384. The number of anilines is 1. The maximum Gasteiger partial charge on any atom is 0.292 e. The molecule has 2 aromatic rings.